The highest BCUT2D eigenvalue weighted by molar-refractivity contribution is 14.0. The molecule has 0 saturated heterocycles. The molecule has 1 aliphatic rings. The van der Waals surface area contributed by atoms with Crippen molar-refractivity contribution in [1.29, 1.82) is 0 Å². The second-order valence-electron chi connectivity index (χ2n) is 7.68. The molecule has 0 saturated carbocycles. The van der Waals surface area contributed by atoms with E-state index in [4.69, 9.17) is 9.47 Å². The van der Waals surface area contributed by atoms with E-state index in [1.54, 1.807) is 14.2 Å². The molecule has 1 unspecified atom stereocenters. The summed E-state index contributed by atoms with van der Waals surface area (Å²) < 4.78 is 11.5. The maximum absolute atomic E-state index is 5.88. The predicted octanol–water partition coefficient (Wildman–Crippen LogP) is 3.42. The van der Waals surface area contributed by atoms with Gasteiger partial charge < -0.3 is 20.1 Å². The van der Waals surface area contributed by atoms with Gasteiger partial charge in [0.2, 0.25) is 0 Å². The first-order valence-corrected chi connectivity index (χ1v) is 9.92. The van der Waals surface area contributed by atoms with Crippen LogP contribution in [-0.2, 0) is 13.0 Å². The molecule has 1 heterocycles. The van der Waals surface area contributed by atoms with Crippen molar-refractivity contribution in [3.05, 3.63) is 23.3 Å². The Kier molecular flexibility index (Phi) is 10.4. The molecule has 160 valence electrons. The minimum atomic E-state index is 0. The van der Waals surface area contributed by atoms with E-state index in [2.05, 4.69) is 67.3 Å². The molecule has 0 aliphatic carbocycles. The van der Waals surface area contributed by atoms with E-state index in [-0.39, 0.29) is 30.1 Å². The number of fused-ring (bicyclic) bond motifs is 1. The highest BCUT2D eigenvalue weighted by atomic mass is 127. The first kappa shape index (κ1) is 24.8. The standard InChI is InChI=1S/C21H36N4O2.HI/c1-14(2)25(15(3)4)9-8-23-21(22-6)24-13-18-12-20-17(10-16(5)27-20)11-19(18)26-7;/h11-12,14-16H,8-10,13H2,1-7H3,(H2,22,23,24);1H. The lowest BCUT2D eigenvalue weighted by molar-refractivity contribution is 0.178. The van der Waals surface area contributed by atoms with Crippen LogP contribution in [0.5, 0.6) is 11.5 Å². The molecule has 7 heteroatoms. The quantitative estimate of drug-likeness (QED) is 0.323. The lowest BCUT2D eigenvalue weighted by atomic mass is 10.1. The molecular formula is C21H37IN4O2. The average Bonchev–Trinajstić information content (AvgIpc) is 2.98. The summed E-state index contributed by atoms with van der Waals surface area (Å²) >= 11 is 0. The minimum absolute atomic E-state index is 0. The molecule has 0 radical (unpaired) electrons. The zero-order valence-corrected chi connectivity index (χ0v) is 20.7. The fourth-order valence-electron chi connectivity index (χ4n) is 3.63. The summed E-state index contributed by atoms with van der Waals surface area (Å²) in [6.45, 7) is 13.5. The number of methoxy groups -OCH3 is 1. The summed E-state index contributed by atoms with van der Waals surface area (Å²) in [7, 11) is 3.51. The molecule has 2 N–H and O–H groups in total. The summed E-state index contributed by atoms with van der Waals surface area (Å²) in [5.74, 6) is 2.65. The van der Waals surface area contributed by atoms with E-state index in [1.165, 1.54) is 5.56 Å². The highest BCUT2D eigenvalue weighted by Gasteiger charge is 2.21. The number of nitrogens with one attached hydrogen (secondary N) is 2. The van der Waals surface area contributed by atoms with Gasteiger partial charge in [-0.3, -0.25) is 9.89 Å². The Morgan fingerprint density at radius 1 is 1.25 bits per heavy atom. The van der Waals surface area contributed by atoms with Crippen molar-refractivity contribution in [2.45, 2.75) is 65.8 Å². The van der Waals surface area contributed by atoms with Crippen LogP contribution in [0.3, 0.4) is 0 Å². The molecule has 1 aliphatic heterocycles. The van der Waals surface area contributed by atoms with Crippen molar-refractivity contribution in [3.63, 3.8) is 0 Å². The molecular weight excluding hydrogens is 467 g/mol. The molecule has 2 rings (SSSR count). The maximum atomic E-state index is 5.88. The Bertz CT molecular complexity index is 642. The minimum Gasteiger partial charge on any atom is -0.496 e. The normalized spacial score (nSPS) is 16.1. The Hall–Kier alpha value is -1.22. The molecule has 0 spiro atoms. The number of benzene rings is 1. The van der Waals surface area contributed by atoms with Gasteiger partial charge in [-0.2, -0.15) is 0 Å². The molecule has 0 fully saturated rings. The lowest BCUT2D eigenvalue weighted by Crippen LogP contribution is -2.45. The summed E-state index contributed by atoms with van der Waals surface area (Å²) in [6, 6.07) is 5.23. The van der Waals surface area contributed by atoms with Crippen molar-refractivity contribution in [3.8, 4) is 11.5 Å². The number of aliphatic imine (C=N–C) groups is 1. The number of ether oxygens (including phenoxy) is 2. The first-order chi connectivity index (χ1) is 12.8. The van der Waals surface area contributed by atoms with Gasteiger partial charge in [0, 0.05) is 56.3 Å². The van der Waals surface area contributed by atoms with Crippen molar-refractivity contribution in [2.24, 2.45) is 4.99 Å². The van der Waals surface area contributed by atoms with Gasteiger partial charge in [0.05, 0.1) is 7.11 Å². The lowest BCUT2D eigenvalue weighted by Gasteiger charge is -2.30. The molecule has 6 nitrogen and oxygen atoms in total. The molecule has 1 atom stereocenters. The molecule has 0 aromatic heterocycles. The Morgan fingerprint density at radius 2 is 1.93 bits per heavy atom. The van der Waals surface area contributed by atoms with Crippen LogP contribution in [0.2, 0.25) is 0 Å². The van der Waals surface area contributed by atoms with Gasteiger partial charge in [-0.1, -0.05) is 0 Å². The first-order valence-electron chi connectivity index (χ1n) is 9.92. The highest BCUT2D eigenvalue weighted by Crippen LogP contribution is 2.34. The van der Waals surface area contributed by atoms with Crippen molar-refractivity contribution >= 4 is 29.9 Å². The molecule has 1 aromatic carbocycles. The van der Waals surface area contributed by atoms with Crippen LogP contribution in [0.4, 0.5) is 0 Å². The van der Waals surface area contributed by atoms with Gasteiger partial charge in [-0.05, 0) is 46.8 Å². The van der Waals surface area contributed by atoms with Gasteiger partial charge in [0.15, 0.2) is 5.96 Å². The zero-order valence-electron chi connectivity index (χ0n) is 18.3. The number of hydrogen-bond donors (Lipinski definition) is 2. The van der Waals surface area contributed by atoms with Crippen LogP contribution in [0.15, 0.2) is 17.1 Å². The van der Waals surface area contributed by atoms with Crippen LogP contribution in [-0.4, -0.2) is 56.3 Å². The second kappa shape index (κ2) is 11.7. The van der Waals surface area contributed by atoms with Crippen LogP contribution in [0, 0.1) is 0 Å². The third kappa shape index (κ3) is 6.69. The van der Waals surface area contributed by atoms with Crippen molar-refractivity contribution in [2.75, 3.05) is 27.2 Å². The van der Waals surface area contributed by atoms with Gasteiger partial charge in [-0.25, -0.2) is 0 Å². The SMILES string of the molecule is CN=C(NCCN(C(C)C)C(C)C)NCc1cc2c(cc1OC)CC(C)O2.I. The number of guanidine groups is 1. The fraction of sp³-hybridized carbons (Fsp3) is 0.667. The van der Waals surface area contributed by atoms with Crippen molar-refractivity contribution < 1.29 is 9.47 Å². The number of hydrogen-bond acceptors (Lipinski definition) is 4. The van der Waals surface area contributed by atoms with Gasteiger partial charge in [-0.15, -0.1) is 24.0 Å². The third-order valence-electron chi connectivity index (χ3n) is 4.96. The third-order valence-corrected chi connectivity index (χ3v) is 4.96. The topological polar surface area (TPSA) is 58.1 Å². The maximum Gasteiger partial charge on any atom is 0.191 e. The van der Waals surface area contributed by atoms with E-state index in [1.807, 2.05) is 0 Å². The summed E-state index contributed by atoms with van der Waals surface area (Å²) in [5, 5.41) is 6.78. The number of rotatable bonds is 8. The Balaban J connectivity index is 0.00000392. The Morgan fingerprint density at radius 3 is 2.50 bits per heavy atom. The smallest absolute Gasteiger partial charge is 0.191 e. The van der Waals surface area contributed by atoms with E-state index in [0.717, 1.165) is 42.5 Å². The molecule has 0 bridgehead atoms. The largest absolute Gasteiger partial charge is 0.496 e. The van der Waals surface area contributed by atoms with E-state index in [0.29, 0.717) is 18.6 Å². The van der Waals surface area contributed by atoms with Crippen LogP contribution < -0.4 is 20.1 Å². The van der Waals surface area contributed by atoms with Gasteiger partial charge in [0.25, 0.3) is 0 Å². The van der Waals surface area contributed by atoms with E-state index in [9.17, 15) is 0 Å². The van der Waals surface area contributed by atoms with Crippen LogP contribution in [0.25, 0.3) is 0 Å². The number of halogens is 1. The Labute approximate surface area is 187 Å². The van der Waals surface area contributed by atoms with Crippen molar-refractivity contribution in [1.82, 2.24) is 15.5 Å². The fourth-order valence-corrected chi connectivity index (χ4v) is 3.63. The molecule has 28 heavy (non-hydrogen) atoms. The predicted molar refractivity (Wildman–Crippen MR) is 127 cm³/mol. The second-order valence-corrected chi connectivity index (χ2v) is 7.68. The van der Waals surface area contributed by atoms with Crippen LogP contribution >= 0.6 is 24.0 Å². The summed E-state index contributed by atoms with van der Waals surface area (Å²) in [4.78, 5) is 6.79. The van der Waals surface area contributed by atoms with E-state index >= 15 is 0 Å². The molecule has 0 amide bonds. The van der Waals surface area contributed by atoms with Gasteiger partial charge in [0.1, 0.15) is 17.6 Å². The molecule has 1 aromatic rings. The zero-order chi connectivity index (χ0) is 20.0. The average molecular weight is 504 g/mol. The van der Waals surface area contributed by atoms with Crippen LogP contribution in [0.1, 0.15) is 45.7 Å². The number of nitrogens with zero attached hydrogens (tertiary/aromatic N) is 2. The summed E-state index contributed by atoms with van der Waals surface area (Å²) in [5.41, 5.74) is 2.28. The summed E-state index contributed by atoms with van der Waals surface area (Å²) in [6.07, 6.45) is 1.16. The monoisotopic (exact) mass is 504 g/mol. The van der Waals surface area contributed by atoms with Gasteiger partial charge >= 0.3 is 0 Å². The van der Waals surface area contributed by atoms with E-state index < -0.39 is 0 Å².